The fraction of sp³-hybridized carbons (Fsp3) is 0.158. The SMILES string of the molecule is Cc1cccc(OCCOc2ccc(C=C(C#N)C#N)cc2)c1. The fourth-order valence-electron chi connectivity index (χ4n) is 1.94. The molecule has 0 unspecified atom stereocenters. The number of nitrogens with zero attached hydrogens (tertiary/aromatic N) is 2. The summed E-state index contributed by atoms with van der Waals surface area (Å²) in [7, 11) is 0. The second kappa shape index (κ2) is 8.26. The monoisotopic (exact) mass is 304 g/mol. The molecule has 0 amide bonds. The molecule has 0 aliphatic carbocycles. The van der Waals surface area contributed by atoms with Crippen LogP contribution < -0.4 is 9.47 Å². The van der Waals surface area contributed by atoms with Gasteiger partial charge in [-0.05, 0) is 48.4 Å². The maximum atomic E-state index is 8.72. The Kier molecular flexibility index (Phi) is 5.80. The quantitative estimate of drug-likeness (QED) is 0.600. The first-order valence-corrected chi connectivity index (χ1v) is 7.15. The van der Waals surface area contributed by atoms with Crippen molar-refractivity contribution in [2.45, 2.75) is 6.92 Å². The largest absolute Gasteiger partial charge is 0.490 e. The summed E-state index contributed by atoms with van der Waals surface area (Å²) in [5, 5.41) is 17.4. The average molecular weight is 304 g/mol. The molecule has 2 aromatic rings. The summed E-state index contributed by atoms with van der Waals surface area (Å²) >= 11 is 0. The third kappa shape index (κ3) is 5.22. The summed E-state index contributed by atoms with van der Waals surface area (Å²) < 4.78 is 11.2. The van der Waals surface area contributed by atoms with Crippen LogP contribution in [0, 0.1) is 29.6 Å². The Balaban J connectivity index is 1.82. The van der Waals surface area contributed by atoms with Crippen LogP contribution in [0.1, 0.15) is 11.1 Å². The minimum absolute atomic E-state index is 0.0743. The van der Waals surface area contributed by atoms with Gasteiger partial charge in [-0.1, -0.05) is 24.3 Å². The van der Waals surface area contributed by atoms with E-state index in [9.17, 15) is 0 Å². The number of aryl methyl sites for hydroxylation is 1. The van der Waals surface area contributed by atoms with Crippen molar-refractivity contribution in [3.63, 3.8) is 0 Å². The van der Waals surface area contributed by atoms with Crippen LogP contribution in [0.2, 0.25) is 0 Å². The van der Waals surface area contributed by atoms with Gasteiger partial charge in [0.25, 0.3) is 0 Å². The van der Waals surface area contributed by atoms with Gasteiger partial charge in [-0.3, -0.25) is 0 Å². The van der Waals surface area contributed by atoms with Gasteiger partial charge in [-0.2, -0.15) is 10.5 Å². The molecule has 4 heteroatoms. The highest BCUT2D eigenvalue weighted by atomic mass is 16.5. The molecule has 0 bridgehead atoms. The lowest BCUT2D eigenvalue weighted by molar-refractivity contribution is 0.217. The molecule has 0 N–H and O–H groups in total. The van der Waals surface area contributed by atoms with Gasteiger partial charge in [0.05, 0.1) is 0 Å². The Morgan fingerprint density at radius 2 is 1.61 bits per heavy atom. The molecule has 0 saturated carbocycles. The number of ether oxygens (including phenoxy) is 2. The second-order valence-corrected chi connectivity index (χ2v) is 4.86. The first-order chi connectivity index (χ1) is 11.2. The number of rotatable bonds is 6. The van der Waals surface area contributed by atoms with Crippen LogP contribution >= 0.6 is 0 Å². The molecular weight excluding hydrogens is 288 g/mol. The van der Waals surface area contributed by atoms with Gasteiger partial charge >= 0.3 is 0 Å². The van der Waals surface area contributed by atoms with E-state index in [1.54, 1.807) is 24.3 Å². The first-order valence-electron chi connectivity index (χ1n) is 7.15. The Labute approximate surface area is 135 Å². The molecule has 114 valence electrons. The summed E-state index contributed by atoms with van der Waals surface area (Å²) in [5.74, 6) is 1.54. The molecule has 2 rings (SSSR count). The van der Waals surface area contributed by atoms with Crippen LogP contribution in [0.25, 0.3) is 6.08 Å². The number of hydrogen-bond acceptors (Lipinski definition) is 4. The molecule has 0 spiro atoms. The second-order valence-electron chi connectivity index (χ2n) is 4.86. The molecule has 0 aliphatic heterocycles. The van der Waals surface area contributed by atoms with Crippen LogP contribution in [0.5, 0.6) is 11.5 Å². The van der Waals surface area contributed by atoms with E-state index in [4.69, 9.17) is 20.0 Å². The van der Waals surface area contributed by atoms with Crippen LogP contribution in [-0.2, 0) is 0 Å². The van der Waals surface area contributed by atoms with Gasteiger partial charge < -0.3 is 9.47 Å². The van der Waals surface area contributed by atoms with Gasteiger partial charge in [-0.25, -0.2) is 0 Å². The summed E-state index contributed by atoms with van der Waals surface area (Å²) in [6.45, 7) is 2.91. The van der Waals surface area contributed by atoms with E-state index in [0.29, 0.717) is 19.0 Å². The zero-order valence-electron chi connectivity index (χ0n) is 12.8. The lowest BCUT2D eigenvalue weighted by Gasteiger charge is -2.09. The van der Waals surface area contributed by atoms with Crippen LogP contribution in [0.3, 0.4) is 0 Å². The van der Waals surface area contributed by atoms with Crippen molar-refractivity contribution < 1.29 is 9.47 Å². The highest BCUT2D eigenvalue weighted by molar-refractivity contribution is 5.62. The van der Waals surface area contributed by atoms with Crippen molar-refractivity contribution in [3.05, 3.63) is 65.2 Å². The van der Waals surface area contributed by atoms with Gasteiger partial charge in [0, 0.05) is 0 Å². The van der Waals surface area contributed by atoms with E-state index in [1.807, 2.05) is 43.3 Å². The number of hydrogen-bond donors (Lipinski definition) is 0. The first kappa shape index (κ1) is 16.1. The summed E-state index contributed by atoms with van der Waals surface area (Å²) in [6, 6.07) is 18.7. The van der Waals surface area contributed by atoms with E-state index >= 15 is 0 Å². The molecule has 0 fully saturated rings. The van der Waals surface area contributed by atoms with Gasteiger partial charge in [-0.15, -0.1) is 0 Å². The van der Waals surface area contributed by atoms with Gasteiger partial charge in [0.1, 0.15) is 42.4 Å². The van der Waals surface area contributed by atoms with E-state index in [-0.39, 0.29) is 5.57 Å². The zero-order valence-corrected chi connectivity index (χ0v) is 12.8. The molecule has 23 heavy (non-hydrogen) atoms. The van der Waals surface area contributed by atoms with Crippen LogP contribution in [0.4, 0.5) is 0 Å². The summed E-state index contributed by atoms with van der Waals surface area (Å²) in [6.07, 6.45) is 1.53. The highest BCUT2D eigenvalue weighted by Gasteiger charge is 1.98. The van der Waals surface area contributed by atoms with Crippen molar-refractivity contribution in [2.75, 3.05) is 13.2 Å². The Hall–Kier alpha value is -3.24. The molecule has 0 heterocycles. The Morgan fingerprint density at radius 3 is 2.22 bits per heavy atom. The molecule has 0 aromatic heterocycles. The van der Waals surface area contributed by atoms with Gasteiger partial charge in [0.15, 0.2) is 0 Å². The van der Waals surface area contributed by atoms with E-state index in [2.05, 4.69) is 0 Å². The summed E-state index contributed by atoms with van der Waals surface area (Å²) in [5.41, 5.74) is 2.01. The predicted octanol–water partition coefficient (Wildman–Crippen LogP) is 3.88. The number of benzene rings is 2. The van der Waals surface area contributed by atoms with Crippen molar-refractivity contribution >= 4 is 6.08 Å². The molecule has 0 saturated heterocycles. The minimum Gasteiger partial charge on any atom is -0.490 e. The third-order valence-electron chi connectivity index (χ3n) is 3.04. The van der Waals surface area contributed by atoms with Crippen LogP contribution in [0.15, 0.2) is 54.1 Å². The van der Waals surface area contributed by atoms with Crippen LogP contribution in [-0.4, -0.2) is 13.2 Å². The lowest BCUT2D eigenvalue weighted by atomic mass is 10.1. The predicted molar refractivity (Wildman–Crippen MR) is 87.8 cm³/mol. The average Bonchev–Trinajstić information content (AvgIpc) is 2.58. The third-order valence-corrected chi connectivity index (χ3v) is 3.04. The molecule has 0 aliphatic rings. The minimum atomic E-state index is 0.0743. The normalized spacial score (nSPS) is 9.35. The topological polar surface area (TPSA) is 66.0 Å². The highest BCUT2D eigenvalue weighted by Crippen LogP contribution is 2.15. The van der Waals surface area contributed by atoms with Crippen molar-refractivity contribution in [1.82, 2.24) is 0 Å². The van der Waals surface area contributed by atoms with Crippen molar-refractivity contribution in [2.24, 2.45) is 0 Å². The smallest absolute Gasteiger partial charge is 0.130 e. The van der Waals surface area contributed by atoms with E-state index in [1.165, 1.54) is 6.08 Å². The molecule has 2 aromatic carbocycles. The zero-order chi connectivity index (χ0) is 16.5. The fourth-order valence-corrected chi connectivity index (χ4v) is 1.94. The maximum Gasteiger partial charge on any atom is 0.130 e. The Bertz CT molecular complexity index is 749. The Morgan fingerprint density at radius 1 is 0.957 bits per heavy atom. The molecule has 0 radical (unpaired) electrons. The molecular formula is C19H16N2O2. The number of allylic oxidation sites excluding steroid dienone is 1. The molecule has 0 atom stereocenters. The van der Waals surface area contributed by atoms with Crippen molar-refractivity contribution in [1.29, 1.82) is 10.5 Å². The summed E-state index contributed by atoms with van der Waals surface area (Å²) in [4.78, 5) is 0. The number of nitriles is 2. The van der Waals surface area contributed by atoms with E-state index < -0.39 is 0 Å². The lowest BCUT2D eigenvalue weighted by Crippen LogP contribution is -2.08. The van der Waals surface area contributed by atoms with Crippen molar-refractivity contribution in [3.8, 4) is 23.6 Å². The van der Waals surface area contributed by atoms with Gasteiger partial charge in [0.2, 0.25) is 0 Å². The molecule has 4 nitrogen and oxygen atoms in total. The maximum absolute atomic E-state index is 8.72. The van der Waals surface area contributed by atoms with E-state index in [0.717, 1.165) is 16.9 Å². The standard InChI is InChI=1S/C19H16N2O2/c1-15-3-2-4-19(11-15)23-10-9-22-18-7-5-16(6-8-18)12-17(13-20)14-21/h2-8,11-12H,9-10H2,1H3.